The molecule has 0 unspecified atom stereocenters. The van der Waals surface area contributed by atoms with Gasteiger partial charge in [0.2, 0.25) is 0 Å². The summed E-state index contributed by atoms with van der Waals surface area (Å²) in [6.45, 7) is -1.70. The zero-order chi connectivity index (χ0) is 19.6. The summed E-state index contributed by atoms with van der Waals surface area (Å²) in [5, 5.41) is 18.6. The Kier molecular flexibility index (Phi) is 4.91. The number of hydrogen-bond donors (Lipinski definition) is 4. The van der Waals surface area contributed by atoms with E-state index >= 15 is 0 Å². The van der Waals surface area contributed by atoms with Gasteiger partial charge in [0.25, 0.3) is 5.56 Å². The number of aromatic amines is 1. The van der Waals surface area contributed by atoms with Crippen molar-refractivity contribution in [2.24, 2.45) is 0 Å². The number of halogens is 3. The van der Waals surface area contributed by atoms with Gasteiger partial charge in [-0.2, -0.15) is 13.2 Å². The number of carboxylic acid groups (broad SMARTS) is 2. The SMILES string of the molecule is Nc1[nH]c(=O)c(C(=O)O)c(-c2ccccc2OCC(F)(F)F)c1C(=O)O. The van der Waals surface area contributed by atoms with Crippen LogP contribution in [0, 0.1) is 0 Å². The van der Waals surface area contributed by atoms with Crippen molar-refractivity contribution in [2.75, 3.05) is 12.3 Å². The number of rotatable bonds is 5. The molecule has 8 nitrogen and oxygen atoms in total. The summed E-state index contributed by atoms with van der Waals surface area (Å²) < 4.78 is 41.9. The highest BCUT2D eigenvalue weighted by Crippen LogP contribution is 2.36. The predicted octanol–water partition coefficient (Wildman–Crippen LogP) is 1.96. The molecule has 0 amide bonds. The first-order valence-corrected chi connectivity index (χ1v) is 6.84. The largest absolute Gasteiger partial charge is 0.483 e. The fourth-order valence-corrected chi connectivity index (χ4v) is 2.27. The maximum absolute atomic E-state index is 12.4. The molecular weight excluding hydrogens is 361 g/mol. The first kappa shape index (κ1) is 18.8. The van der Waals surface area contributed by atoms with Crippen molar-refractivity contribution in [3.63, 3.8) is 0 Å². The number of benzene rings is 1. The smallest absolute Gasteiger partial charge is 0.422 e. The lowest BCUT2D eigenvalue weighted by Gasteiger charge is -2.16. The van der Waals surface area contributed by atoms with Crippen molar-refractivity contribution in [1.29, 1.82) is 0 Å². The van der Waals surface area contributed by atoms with E-state index in [0.717, 1.165) is 12.1 Å². The summed E-state index contributed by atoms with van der Waals surface area (Å²) in [4.78, 5) is 36.8. The van der Waals surface area contributed by atoms with E-state index in [9.17, 15) is 37.8 Å². The molecule has 5 N–H and O–H groups in total. The van der Waals surface area contributed by atoms with Crippen molar-refractivity contribution in [3.05, 3.63) is 45.7 Å². The highest BCUT2D eigenvalue weighted by Gasteiger charge is 2.31. The van der Waals surface area contributed by atoms with Crippen LogP contribution in [-0.4, -0.2) is 39.9 Å². The van der Waals surface area contributed by atoms with Crippen LogP contribution in [0.2, 0.25) is 0 Å². The van der Waals surface area contributed by atoms with Crippen LogP contribution in [0.15, 0.2) is 29.1 Å². The molecule has 0 radical (unpaired) electrons. The van der Waals surface area contributed by atoms with E-state index in [4.69, 9.17) is 5.73 Å². The number of aromatic nitrogens is 1. The number of nitrogens with two attached hydrogens (primary N) is 1. The Hall–Kier alpha value is -3.50. The Morgan fingerprint density at radius 1 is 1.12 bits per heavy atom. The number of aromatic carboxylic acids is 2. The van der Waals surface area contributed by atoms with Gasteiger partial charge in [-0.3, -0.25) is 4.79 Å². The minimum Gasteiger partial charge on any atom is -0.483 e. The normalized spacial score (nSPS) is 11.2. The second-order valence-corrected chi connectivity index (χ2v) is 5.00. The summed E-state index contributed by atoms with van der Waals surface area (Å²) in [5.74, 6) is -4.57. The highest BCUT2D eigenvalue weighted by molar-refractivity contribution is 6.08. The number of nitrogen functional groups attached to an aromatic ring is 1. The molecule has 138 valence electrons. The molecule has 0 saturated heterocycles. The molecule has 2 aromatic rings. The number of anilines is 1. The average Bonchev–Trinajstić information content (AvgIpc) is 2.50. The van der Waals surface area contributed by atoms with Crippen LogP contribution >= 0.6 is 0 Å². The third kappa shape index (κ3) is 3.77. The third-order valence-corrected chi connectivity index (χ3v) is 3.22. The van der Waals surface area contributed by atoms with Gasteiger partial charge < -0.3 is 25.7 Å². The number of H-pyrrole nitrogens is 1. The molecule has 26 heavy (non-hydrogen) atoms. The lowest BCUT2D eigenvalue weighted by Crippen LogP contribution is -2.24. The van der Waals surface area contributed by atoms with Crippen LogP contribution in [0.5, 0.6) is 5.75 Å². The Morgan fingerprint density at radius 2 is 1.69 bits per heavy atom. The van der Waals surface area contributed by atoms with E-state index < -0.39 is 58.5 Å². The molecule has 11 heteroatoms. The van der Waals surface area contributed by atoms with Gasteiger partial charge in [-0.15, -0.1) is 0 Å². The van der Waals surface area contributed by atoms with Crippen LogP contribution < -0.4 is 16.0 Å². The van der Waals surface area contributed by atoms with Crippen molar-refractivity contribution >= 4 is 17.8 Å². The van der Waals surface area contributed by atoms with E-state index in [1.807, 2.05) is 4.98 Å². The molecule has 0 aliphatic carbocycles. The van der Waals surface area contributed by atoms with Crippen LogP contribution in [0.25, 0.3) is 11.1 Å². The Morgan fingerprint density at radius 3 is 2.23 bits per heavy atom. The number of ether oxygens (including phenoxy) is 1. The zero-order valence-electron chi connectivity index (χ0n) is 12.8. The molecule has 0 atom stereocenters. The lowest BCUT2D eigenvalue weighted by atomic mass is 9.94. The van der Waals surface area contributed by atoms with Gasteiger partial charge in [0, 0.05) is 11.1 Å². The van der Waals surface area contributed by atoms with Crippen molar-refractivity contribution in [2.45, 2.75) is 6.18 Å². The maximum atomic E-state index is 12.4. The van der Waals surface area contributed by atoms with Crippen LogP contribution in [0.1, 0.15) is 20.7 Å². The summed E-state index contributed by atoms with van der Waals surface area (Å²) in [6.07, 6.45) is -4.69. The minimum atomic E-state index is -4.69. The van der Waals surface area contributed by atoms with Gasteiger partial charge in [0.1, 0.15) is 22.7 Å². The minimum absolute atomic E-state index is 0.329. The van der Waals surface area contributed by atoms with E-state index in [-0.39, 0.29) is 5.56 Å². The number of carbonyl (C=O) groups is 2. The fraction of sp³-hybridized carbons (Fsp3) is 0.133. The monoisotopic (exact) mass is 372 g/mol. The van der Waals surface area contributed by atoms with Crippen molar-refractivity contribution in [3.8, 4) is 16.9 Å². The Bertz CT molecular complexity index is 936. The molecule has 0 aliphatic rings. The molecule has 0 spiro atoms. The van der Waals surface area contributed by atoms with Crippen LogP contribution in [-0.2, 0) is 0 Å². The van der Waals surface area contributed by atoms with Crippen molar-refractivity contribution < 1.29 is 37.7 Å². The van der Waals surface area contributed by atoms with E-state index in [2.05, 4.69) is 4.74 Å². The van der Waals surface area contributed by atoms with E-state index in [1.165, 1.54) is 12.1 Å². The van der Waals surface area contributed by atoms with Gasteiger partial charge in [-0.25, -0.2) is 9.59 Å². The number of carboxylic acids is 2. The fourth-order valence-electron chi connectivity index (χ4n) is 2.27. The number of para-hydroxylation sites is 1. The van der Waals surface area contributed by atoms with Gasteiger partial charge in [-0.1, -0.05) is 18.2 Å². The van der Waals surface area contributed by atoms with E-state index in [0.29, 0.717) is 0 Å². The summed E-state index contributed by atoms with van der Waals surface area (Å²) in [6, 6.07) is 4.81. The second-order valence-electron chi connectivity index (χ2n) is 5.00. The topological polar surface area (TPSA) is 143 Å². The van der Waals surface area contributed by atoms with Crippen molar-refractivity contribution in [1.82, 2.24) is 4.98 Å². The first-order valence-electron chi connectivity index (χ1n) is 6.84. The number of nitrogens with one attached hydrogen (secondary N) is 1. The summed E-state index contributed by atoms with van der Waals surface area (Å²) >= 11 is 0. The number of alkyl halides is 3. The van der Waals surface area contributed by atoms with Crippen LogP contribution in [0.4, 0.5) is 19.0 Å². The van der Waals surface area contributed by atoms with Gasteiger partial charge in [-0.05, 0) is 6.07 Å². The van der Waals surface area contributed by atoms with E-state index in [1.54, 1.807) is 0 Å². The molecule has 2 rings (SSSR count). The zero-order valence-corrected chi connectivity index (χ0v) is 12.8. The van der Waals surface area contributed by atoms with Gasteiger partial charge in [0.05, 0.1) is 0 Å². The highest BCUT2D eigenvalue weighted by atomic mass is 19.4. The molecule has 0 bridgehead atoms. The molecule has 0 saturated carbocycles. The van der Waals surface area contributed by atoms with Crippen LogP contribution in [0.3, 0.4) is 0 Å². The molecular formula is C15H11F3N2O6. The molecule has 1 aromatic heterocycles. The predicted molar refractivity (Wildman–Crippen MR) is 82.4 cm³/mol. The Balaban J connectivity index is 2.82. The number of hydrogen-bond acceptors (Lipinski definition) is 5. The first-order chi connectivity index (χ1) is 12.0. The summed E-state index contributed by atoms with van der Waals surface area (Å²) in [5.41, 5.74) is 1.53. The lowest BCUT2D eigenvalue weighted by molar-refractivity contribution is -0.153. The second kappa shape index (κ2) is 6.78. The molecule has 1 heterocycles. The molecule has 1 aromatic carbocycles. The average molecular weight is 372 g/mol. The summed E-state index contributed by atoms with van der Waals surface area (Å²) in [7, 11) is 0. The van der Waals surface area contributed by atoms with Gasteiger partial charge in [0.15, 0.2) is 6.61 Å². The molecule has 0 fully saturated rings. The Labute approximate surface area is 142 Å². The maximum Gasteiger partial charge on any atom is 0.422 e. The third-order valence-electron chi connectivity index (χ3n) is 3.22. The van der Waals surface area contributed by atoms with Gasteiger partial charge >= 0.3 is 18.1 Å². The number of pyridine rings is 1. The standard InChI is InChI=1S/C15H11F3N2O6/c16-15(17,18)5-26-7-4-2-1-3-6(7)8-9(13(22)23)11(19)20-12(21)10(8)14(24)25/h1-4H,5H2,(H,22,23)(H,24,25)(H3,19,20,21). The quantitative estimate of drug-likeness (QED) is 0.628. The molecule has 0 aliphatic heterocycles.